The van der Waals surface area contributed by atoms with E-state index in [-0.39, 0.29) is 69.1 Å². The molecular formula is C12H26I2Sn. The molecule has 0 heterocycles. The minimum absolute atomic E-state index is 0. The molecule has 0 aromatic heterocycles. The first-order valence-corrected chi connectivity index (χ1v) is 10.2. The molecule has 92 valence electrons. The first-order chi connectivity index (χ1) is 6.41. The fourth-order valence-corrected chi connectivity index (χ4v) is 5.05. The van der Waals surface area contributed by atoms with Crippen LogP contribution in [0.3, 0.4) is 0 Å². The van der Waals surface area contributed by atoms with Gasteiger partial charge in [-0.25, -0.2) is 0 Å². The molecule has 0 amide bonds. The van der Waals surface area contributed by atoms with Gasteiger partial charge in [0, 0.05) is 0 Å². The second-order valence-corrected chi connectivity index (χ2v) is 8.15. The summed E-state index contributed by atoms with van der Waals surface area (Å²) in [5.74, 6) is 0. The van der Waals surface area contributed by atoms with Crippen molar-refractivity contribution in [2.75, 3.05) is 0 Å². The van der Waals surface area contributed by atoms with E-state index in [1.807, 2.05) is 0 Å². The van der Waals surface area contributed by atoms with Crippen molar-refractivity contribution in [1.29, 1.82) is 0 Å². The zero-order chi connectivity index (χ0) is 9.78. The Morgan fingerprint density at radius 2 is 1.00 bits per heavy atom. The van der Waals surface area contributed by atoms with Gasteiger partial charge in [-0.2, -0.15) is 0 Å². The van der Waals surface area contributed by atoms with Crippen molar-refractivity contribution in [3.8, 4) is 0 Å². The third-order valence-electron chi connectivity index (χ3n) is 2.41. The summed E-state index contributed by atoms with van der Waals surface area (Å²) in [6.07, 6.45) is 11.8. The maximum atomic E-state index is 2.30. The Balaban J connectivity index is -0.000000720. The van der Waals surface area contributed by atoms with Crippen molar-refractivity contribution in [3.63, 3.8) is 0 Å². The Hall–Kier alpha value is 2.26. The summed E-state index contributed by atoms with van der Waals surface area (Å²) in [5.41, 5.74) is 0. The number of hydrogen-bond acceptors (Lipinski definition) is 0. The summed E-state index contributed by atoms with van der Waals surface area (Å²) < 4.78 is 3.30. The van der Waals surface area contributed by atoms with E-state index in [9.17, 15) is 0 Å². The van der Waals surface area contributed by atoms with Gasteiger partial charge in [0.25, 0.3) is 0 Å². The van der Waals surface area contributed by atoms with Gasteiger partial charge < -0.3 is 48.0 Å². The van der Waals surface area contributed by atoms with Crippen LogP contribution < -0.4 is 48.0 Å². The molecule has 0 aliphatic heterocycles. The number of unbranched alkanes of at least 4 members (excludes halogenated alkanes) is 6. The predicted octanol–water partition coefficient (Wildman–Crippen LogP) is -1.30. The third kappa shape index (κ3) is 22.0. The molecule has 0 aliphatic carbocycles. The van der Waals surface area contributed by atoms with Crippen LogP contribution in [-0.2, 0) is 0 Å². The van der Waals surface area contributed by atoms with Crippen LogP contribution in [-0.4, -0.2) is 21.1 Å². The Labute approximate surface area is 141 Å². The zero-order valence-electron chi connectivity index (χ0n) is 10.3. The molecule has 0 N–H and O–H groups in total. The average Bonchev–Trinajstić information content (AvgIpc) is 2.16. The van der Waals surface area contributed by atoms with Crippen LogP contribution >= 0.6 is 0 Å². The zero-order valence-corrected chi connectivity index (χ0v) is 17.5. The number of rotatable bonds is 10. The Morgan fingerprint density at radius 3 is 1.33 bits per heavy atom. The van der Waals surface area contributed by atoms with E-state index in [0.717, 1.165) is 0 Å². The van der Waals surface area contributed by atoms with Gasteiger partial charge in [-0.15, -0.1) is 0 Å². The second-order valence-electron chi connectivity index (χ2n) is 3.87. The van der Waals surface area contributed by atoms with Gasteiger partial charge in [-0.1, -0.05) is 0 Å². The Bertz CT molecular complexity index is 79.7. The summed E-state index contributed by atoms with van der Waals surface area (Å²) in [7, 11) is 0. The molecule has 0 aliphatic rings. The summed E-state index contributed by atoms with van der Waals surface area (Å²) in [6.45, 7) is 4.59. The second kappa shape index (κ2) is 21.5. The van der Waals surface area contributed by atoms with E-state index >= 15 is 0 Å². The summed E-state index contributed by atoms with van der Waals surface area (Å²) in [5, 5.41) is 0. The van der Waals surface area contributed by atoms with Crippen molar-refractivity contribution in [3.05, 3.63) is 0 Å². The molecule has 0 nitrogen and oxygen atoms in total. The molecule has 0 unspecified atom stereocenters. The fourth-order valence-electron chi connectivity index (χ4n) is 1.48. The molecule has 0 saturated heterocycles. The molecule has 0 aromatic rings. The van der Waals surface area contributed by atoms with Gasteiger partial charge in [0.2, 0.25) is 0 Å². The molecule has 0 bridgehead atoms. The fraction of sp³-hybridized carbons (Fsp3) is 1.00. The number of hydrogen-bond donors (Lipinski definition) is 0. The maximum absolute atomic E-state index is 2.30. The van der Waals surface area contributed by atoms with E-state index in [4.69, 9.17) is 0 Å². The van der Waals surface area contributed by atoms with Gasteiger partial charge in [0.05, 0.1) is 0 Å². The van der Waals surface area contributed by atoms with Gasteiger partial charge in [-0.05, 0) is 0 Å². The van der Waals surface area contributed by atoms with Crippen molar-refractivity contribution in [2.45, 2.75) is 74.1 Å². The molecule has 0 saturated carbocycles. The van der Waals surface area contributed by atoms with Crippen molar-refractivity contribution >= 4 is 21.1 Å². The van der Waals surface area contributed by atoms with Crippen molar-refractivity contribution in [2.24, 2.45) is 0 Å². The molecule has 0 spiro atoms. The van der Waals surface area contributed by atoms with E-state index in [1.54, 1.807) is 21.7 Å². The molecule has 0 radical (unpaired) electrons. The first-order valence-electron chi connectivity index (χ1n) is 6.12. The Morgan fingerprint density at radius 1 is 0.600 bits per heavy atom. The van der Waals surface area contributed by atoms with Crippen LogP contribution in [0, 0.1) is 0 Å². The summed E-state index contributed by atoms with van der Waals surface area (Å²) in [4.78, 5) is 0. The summed E-state index contributed by atoms with van der Waals surface area (Å²) >= 11 is 0.104. The van der Waals surface area contributed by atoms with E-state index < -0.39 is 0 Å². The quantitative estimate of drug-likeness (QED) is 0.183. The average molecular weight is 543 g/mol. The SMILES string of the molecule is CCCCC[CH2][Sn+2][CH2]CCCCC.[I-].[I-]. The van der Waals surface area contributed by atoms with Crippen LogP contribution in [0.5, 0.6) is 0 Å². The molecule has 0 rings (SSSR count). The van der Waals surface area contributed by atoms with E-state index in [0.29, 0.717) is 0 Å². The predicted molar refractivity (Wildman–Crippen MR) is 63.7 cm³/mol. The van der Waals surface area contributed by atoms with Crippen LogP contribution in [0.4, 0.5) is 0 Å². The van der Waals surface area contributed by atoms with Gasteiger partial charge >= 0.3 is 95.2 Å². The summed E-state index contributed by atoms with van der Waals surface area (Å²) in [6, 6.07) is 0. The standard InChI is InChI=1S/2C6H13.2HI.Sn/c2*1-3-5-6-4-2;;;/h2*1,3-6H2,2H3;2*1H;/q;;;;+2/p-2. The normalized spacial score (nSPS) is 8.67. The van der Waals surface area contributed by atoms with Gasteiger partial charge in [0.1, 0.15) is 0 Å². The largest absolute Gasteiger partial charge is 1.00 e. The van der Waals surface area contributed by atoms with Gasteiger partial charge in [-0.3, -0.25) is 0 Å². The minimum Gasteiger partial charge on any atom is -1.00 e. The number of halogens is 2. The molecule has 15 heavy (non-hydrogen) atoms. The topological polar surface area (TPSA) is 0 Å². The smallest absolute Gasteiger partial charge is 1.00 e. The van der Waals surface area contributed by atoms with E-state index in [2.05, 4.69) is 13.8 Å². The molecule has 0 fully saturated rings. The molecule has 0 atom stereocenters. The molecular weight excluding hydrogens is 517 g/mol. The molecule has 3 heteroatoms. The van der Waals surface area contributed by atoms with E-state index in [1.165, 1.54) is 38.5 Å². The van der Waals surface area contributed by atoms with Crippen molar-refractivity contribution in [1.82, 2.24) is 0 Å². The minimum atomic E-state index is 0. The first kappa shape index (κ1) is 22.4. The third-order valence-corrected chi connectivity index (χ3v) is 6.45. The van der Waals surface area contributed by atoms with Crippen molar-refractivity contribution < 1.29 is 48.0 Å². The maximum Gasteiger partial charge on any atom is -1.00 e. The Kier molecular flexibility index (Phi) is 32.2. The van der Waals surface area contributed by atoms with Crippen LogP contribution in [0.25, 0.3) is 0 Å². The molecule has 0 aromatic carbocycles. The van der Waals surface area contributed by atoms with Crippen LogP contribution in [0.2, 0.25) is 8.87 Å². The monoisotopic (exact) mass is 544 g/mol. The van der Waals surface area contributed by atoms with Crippen LogP contribution in [0.1, 0.15) is 65.2 Å². The van der Waals surface area contributed by atoms with Gasteiger partial charge in [0.15, 0.2) is 0 Å². The van der Waals surface area contributed by atoms with Crippen LogP contribution in [0.15, 0.2) is 0 Å².